The van der Waals surface area contributed by atoms with Crippen molar-refractivity contribution in [3.63, 3.8) is 0 Å². The highest BCUT2D eigenvalue weighted by Gasteiger charge is 2.35. The minimum atomic E-state index is -0.808. The van der Waals surface area contributed by atoms with E-state index in [1.807, 2.05) is 24.3 Å². The molecule has 0 saturated heterocycles. The lowest BCUT2D eigenvalue weighted by atomic mass is 9.94. The molecule has 0 spiro atoms. The van der Waals surface area contributed by atoms with E-state index in [0.717, 1.165) is 11.1 Å². The fourth-order valence-electron chi connectivity index (χ4n) is 3.41. The van der Waals surface area contributed by atoms with Gasteiger partial charge in [-0.25, -0.2) is 9.59 Å². The van der Waals surface area contributed by atoms with Gasteiger partial charge in [0.25, 0.3) is 11.6 Å². The molecule has 0 aliphatic carbocycles. The monoisotopic (exact) mass is 412 g/mol. The third-order valence-corrected chi connectivity index (χ3v) is 5.00. The first-order chi connectivity index (χ1) is 14.3. The van der Waals surface area contributed by atoms with Crippen LogP contribution in [0, 0.1) is 17.0 Å². The van der Waals surface area contributed by atoms with Gasteiger partial charge in [0.05, 0.1) is 17.6 Å². The maximum absolute atomic E-state index is 12.7. The van der Waals surface area contributed by atoms with Gasteiger partial charge in [-0.2, -0.15) is 0 Å². The Morgan fingerprint density at radius 3 is 2.50 bits per heavy atom. The molecule has 2 aromatic carbocycles. The fraction of sp³-hybridized carbons (Fsp3) is 0.286. The van der Waals surface area contributed by atoms with Crippen molar-refractivity contribution in [1.82, 2.24) is 4.90 Å². The van der Waals surface area contributed by atoms with Crippen LogP contribution in [0.3, 0.4) is 0 Å². The van der Waals surface area contributed by atoms with E-state index in [-0.39, 0.29) is 17.8 Å². The molecule has 1 amide bonds. The van der Waals surface area contributed by atoms with Crippen LogP contribution >= 0.6 is 0 Å². The summed E-state index contributed by atoms with van der Waals surface area (Å²) in [4.78, 5) is 48.9. The molecule has 1 atom stereocenters. The predicted octanol–water partition coefficient (Wildman–Crippen LogP) is 2.19. The number of rotatable bonds is 5. The van der Waals surface area contributed by atoms with Gasteiger partial charge in [0.15, 0.2) is 6.61 Å². The van der Waals surface area contributed by atoms with Crippen molar-refractivity contribution in [3.8, 4) is 0 Å². The SMILES string of the molecule is COC(=O)[C@@H]1Cc2ccccc2CN1C(=O)COC(=O)c1ccc([N+](=O)[O-])c(C)c1. The maximum Gasteiger partial charge on any atom is 0.338 e. The minimum absolute atomic E-state index is 0.0967. The molecule has 0 N–H and O–H groups in total. The smallest absolute Gasteiger partial charge is 0.338 e. The number of fused-ring (bicyclic) bond motifs is 1. The van der Waals surface area contributed by atoms with E-state index in [4.69, 9.17) is 9.47 Å². The van der Waals surface area contributed by atoms with E-state index >= 15 is 0 Å². The van der Waals surface area contributed by atoms with Crippen molar-refractivity contribution in [2.75, 3.05) is 13.7 Å². The quantitative estimate of drug-likeness (QED) is 0.420. The zero-order chi connectivity index (χ0) is 21.8. The molecular weight excluding hydrogens is 392 g/mol. The van der Waals surface area contributed by atoms with Gasteiger partial charge in [0.2, 0.25) is 0 Å². The number of nitro benzene ring substituents is 1. The molecule has 1 heterocycles. The molecule has 9 nitrogen and oxygen atoms in total. The van der Waals surface area contributed by atoms with Gasteiger partial charge >= 0.3 is 11.9 Å². The number of methoxy groups -OCH3 is 1. The van der Waals surface area contributed by atoms with Crippen LogP contribution in [0.25, 0.3) is 0 Å². The Morgan fingerprint density at radius 1 is 1.17 bits per heavy atom. The van der Waals surface area contributed by atoms with E-state index in [1.54, 1.807) is 0 Å². The Hall–Kier alpha value is -3.75. The Balaban J connectivity index is 1.71. The highest BCUT2D eigenvalue weighted by Crippen LogP contribution is 2.24. The van der Waals surface area contributed by atoms with Gasteiger partial charge in [-0.3, -0.25) is 14.9 Å². The molecule has 0 bridgehead atoms. The first kappa shape index (κ1) is 21.0. The van der Waals surface area contributed by atoms with Crippen molar-refractivity contribution in [3.05, 3.63) is 74.8 Å². The molecular formula is C21H20N2O7. The number of aryl methyl sites for hydroxylation is 1. The summed E-state index contributed by atoms with van der Waals surface area (Å²) in [5.41, 5.74) is 2.15. The molecule has 1 aliphatic rings. The molecule has 0 unspecified atom stereocenters. The summed E-state index contributed by atoms with van der Waals surface area (Å²) in [7, 11) is 1.25. The van der Waals surface area contributed by atoms with Gasteiger partial charge in [-0.05, 0) is 30.2 Å². The minimum Gasteiger partial charge on any atom is -0.467 e. The number of carbonyl (C=O) groups is 3. The van der Waals surface area contributed by atoms with Crippen molar-refractivity contribution in [2.45, 2.75) is 25.9 Å². The Morgan fingerprint density at radius 2 is 1.87 bits per heavy atom. The molecule has 0 saturated carbocycles. The van der Waals surface area contributed by atoms with Gasteiger partial charge in [0, 0.05) is 24.6 Å². The number of hydrogen-bond acceptors (Lipinski definition) is 7. The second-order valence-corrected chi connectivity index (χ2v) is 6.87. The summed E-state index contributed by atoms with van der Waals surface area (Å²) < 4.78 is 9.92. The fourth-order valence-corrected chi connectivity index (χ4v) is 3.41. The lowest BCUT2D eigenvalue weighted by Gasteiger charge is -2.35. The Bertz CT molecular complexity index is 1020. The number of ether oxygens (including phenoxy) is 2. The van der Waals surface area contributed by atoms with Crippen molar-refractivity contribution in [2.24, 2.45) is 0 Å². The van der Waals surface area contributed by atoms with Crippen LogP contribution in [-0.2, 0) is 32.0 Å². The van der Waals surface area contributed by atoms with E-state index < -0.39 is 35.4 Å². The molecule has 3 rings (SSSR count). The van der Waals surface area contributed by atoms with E-state index in [2.05, 4.69) is 0 Å². The summed E-state index contributed by atoms with van der Waals surface area (Å²) in [6, 6.07) is 10.5. The van der Waals surface area contributed by atoms with Crippen LogP contribution in [0.2, 0.25) is 0 Å². The van der Waals surface area contributed by atoms with Crippen molar-refractivity contribution in [1.29, 1.82) is 0 Å². The average molecular weight is 412 g/mol. The molecule has 0 aromatic heterocycles. The highest BCUT2D eigenvalue weighted by atomic mass is 16.6. The lowest BCUT2D eigenvalue weighted by Crippen LogP contribution is -2.50. The van der Waals surface area contributed by atoms with Crippen LogP contribution < -0.4 is 0 Å². The van der Waals surface area contributed by atoms with Gasteiger partial charge < -0.3 is 14.4 Å². The maximum atomic E-state index is 12.7. The third kappa shape index (κ3) is 4.29. The molecule has 0 fully saturated rings. The largest absolute Gasteiger partial charge is 0.467 e. The standard InChI is InChI=1S/C21H20N2O7/c1-13-9-15(7-8-17(13)23(27)28)20(25)30-12-19(24)22-11-16-6-4-3-5-14(16)10-18(22)21(26)29-2/h3-9,18H,10-12H2,1-2H3/t18-/m0/s1. The van der Waals surface area contributed by atoms with Gasteiger partial charge in [-0.15, -0.1) is 0 Å². The summed E-state index contributed by atoms with van der Waals surface area (Å²) in [6.07, 6.45) is 0.310. The van der Waals surface area contributed by atoms with E-state index in [1.165, 1.54) is 37.1 Å². The second-order valence-electron chi connectivity index (χ2n) is 6.87. The zero-order valence-corrected chi connectivity index (χ0v) is 16.5. The van der Waals surface area contributed by atoms with E-state index in [0.29, 0.717) is 12.0 Å². The van der Waals surface area contributed by atoms with Crippen molar-refractivity contribution < 1.29 is 28.8 Å². The number of esters is 2. The first-order valence-corrected chi connectivity index (χ1v) is 9.18. The number of nitro groups is 1. The first-order valence-electron chi connectivity index (χ1n) is 9.18. The predicted molar refractivity (Wildman–Crippen MR) is 105 cm³/mol. The number of amides is 1. The van der Waals surface area contributed by atoms with E-state index in [9.17, 15) is 24.5 Å². The highest BCUT2D eigenvalue weighted by molar-refractivity contribution is 5.92. The Kier molecular flexibility index (Phi) is 6.10. The summed E-state index contributed by atoms with van der Waals surface area (Å²) >= 11 is 0. The Labute approximate surface area is 172 Å². The van der Waals surface area contributed by atoms with Gasteiger partial charge in [-0.1, -0.05) is 24.3 Å². The number of carbonyl (C=O) groups excluding carboxylic acids is 3. The summed E-state index contributed by atoms with van der Waals surface area (Å²) in [6.45, 7) is 1.14. The van der Waals surface area contributed by atoms with Crippen LogP contribution in [0.1, 0.15) is 27.0 Å². The number of benzene rings is 2. The molecule has 156 valence electrons. The number of hydrogen-bond donors (Lipinski definition) is 0. The van der Waals surface area contributed by atoms with Gasteiger partial charge in [0.1, 0.15) is 6.04 Å². The average Bonchev–Trinajstić information content (AvgIpc) is 2.75. The molecule has 2 aromatic rings. The number of nitrogens with zero attached hydrogens (tertiary/aromatic N) is 2. The summed E-state index contributed by atoms with van der Waals surface area (Å²) in [5, 5.41) is 10.9. The molecule has 0 radical (unpaired) electrons. The van der Waals surface area contributed by atoms with Crippen LogP contribution in [0.5, 0.6) is 0 Å². The second kappa shape index (κ2) is 8.73. The lowest BCUT2D eigenvalue weighted by molar-refractivity contribution is -0.385. The molecule has 30 heavy (non-hydrogen) atoms. The zero-order valence-electron chi connectivity index (χ0n) is 16.5. The van der Waals surface area contributed by atoms with Crippen molar-refractivity contribution >= 4 is 23.5 Å². The van der Waals surface area contributed by atoms with Crippen LogP contribution in [0.15, 0.2) is 42.5 Å². The third-order valence-electron chi connectivity index (χ3n) is 5.00. The molecule has 9 heteroatoms. The molecule has 1 aliphatic heterocycles. The summed E-state index contributed by atoms with van der Waals surface area (Å²) in [5.74, 6) is -1.87. The van der Waals surface area contributed by atoms with Crippen LogP contribution in [0.4, 0.5) is 5.69 Å². The van der Waals surface area contributed by atoms with Crippen LogP contribution in [-0.4, -0.2) is 47.4 Å². The normalized spacial score (nSPS) is 15.1. The topological polar surface area (TPSA) is 116 Å².